The minimum absolute atomic E-state index is 0.101. The van der Waals surface area contributed by atoms with Crippen molar-refractivity contribution in [1.82, 2.24) is 9.91 Å². The van der Waals surface area contributed by atoms with Crippen molar-refractivity contribution in [3.8, 4) is 0 Å². The number of carbonyl (C=O) groups is 2. The number of fused-ring (bicyclic) bond motifs is 1. The van der Waals surface area contributed by atoms with Crippen LogP contribution in [0.1, 0.15) is 6.42 Å². The first-order valence-electron chi connectivity index (χ1n) is 4.99. The lowest BCUT2D eigenvalue weighted by Crippen LogP contribution is -2.45. The number of nitrogens with zero attached hydrogens (tertiary/aromatic N) is 3. The van der Waals surface area contributed by atoms with Crippen LogP contribution in [0.3, 0.4) is 0 Å². The van der Waals surface area contributed by atoms with Crippen molar-refractivity contribution in [3.05, 3.63) is 22.8 Å². The maximum absolute atomic E-state index is 11.7. The quantitative estimate of drug-likeness (QED) is 0.833. The van der Waals surface area contributed by atoms with Crippen LogP contribution >= 0.6 is 15.9 Å². The Hall–Kier alpha value is -1.63. The third kappa shape index (κ3) is 2.73. The second-order valence-corrected chi connectivity index (χ2v) is 4.51. The molecule has 0 radical (unpaired) electrons. The molecule has 90 valence electrons. The highest BCUT2D eigenvalue weighted by Crippen LogP contribution is 2.18. The second kappa shape index (κ2) is 4.70. The lowest BCUT2D eigenvalue weighted by molar-refractivity contribution is -0.138. The van der Waals surface area contributed by atoms with Gasteiger partial charge in [-0.2, -0.15) is 5.10 Å². The van der Waals surface area contributed by atoms with E-state index in [4.69, 9.17) is 5.11 Å². The molecule has 0 spiro atoms. The van der Waals surface area contributed by atoms with Crippen LogP contribution in [0.5, 0.6) is 0 Å². The van der Waals surface area contributed by atoms with Crippen LogP contribution in [0.2, 0.25) is 0 Å². The van der Waals surface area contributed by atoms with Gasteiger partial charge in [0.25, 0.3) is 5.91 Å². The molecular formula is C10H10BrN3O3. The van der Waals surface area contributed by atoms with E-state index >= 15 is 0 Å². The number of aliphatic carboxylic acids is 1. The summed E-state index contributed by atoms with van der Waals surface area (Å²) in [4.78, 5) is 23.8. The van der Waals surface area contributed by atoms with Crippen LogP contribution < -0.4 is 0 Å². The number of rotatable bonds is 3. The SMILES string of the molecule is O=C(O)CCN1N=C2C=CC(Br)=CN2CC1=O. The summed E-state index contributed by atoms with van der Waals surface area (Å²) < 4.78 is 0.864. The van der Waals surface area contributed by atoms with Crippen LogP contribution in [0.4, 0.5) is 0 Å². The molecule has 0 aromatic heterocycles. The highest BCUT2D eigenvalue weighted by atomic mass is 79.9. The van der Waals surface area contributed by atoms with Gasteiger partial charge in [0.2, 0.25) is 0 Å². The second-order valence-electron chi connectivity index (χ2n) is 3.59. The number of hydrazone groups is 1. The van der Waals surface area contributed by atoms with E-state index in [1.807, 2.05) is 6.08 Å². The van der Waals surface area contributed by atoms with Gasteiger partial charge in [-0.15, -0.1) is 0 Å². The van der Waals surface area contributed by atoms with E-state index in [0.717, 1.165) is 4.48 Å². The third-order valence-corrected chi connectivity index (χ3v) is 2.79. The Labute approximate surface area is 106 Å². The molecule has 0 saturated heterocycles. The van der Waals surface area contributed by atoms with Gasteiger partial charge in [-0.25, -0.2) is 5.01 Å². The lowest BCUT2D eigenvalue weighted by atomic mass is 10.3. The topological polar surface area (TPSA) is 73.2 Å². The summed E-state index contributed by atoms with van der Waals surface area (Å²) in [6.07, 6.45) is 5.25. The zero-order chi connectivity index (χ0) is 12.4. The number of hydrogen-bond donors (Lipinski definition) is 1. The number of carbonyl (C=O) groups excluding carboxylic acids is 1. The van der Waals surface area contributed by atoms with Crippen LogP contribution in [-0.2, 0) is 9.59 Å². The average molecular weight is 300 g/mol. The van der Waals surface area contributed by atoms with E-state index in [-0.39, 0.29) is 25.4 Å². The summed E-state index contributed by atoms with van der Waals surface area (Å²) >= 11 is 3.31. The minimum Gasteiger partial charge on any atom is -0.481 e. The number of amidine groups is 1. The molecule has 0 saturated carbocycles. The molecule has 0 aromatic rings. The maximum Gasteiger partial charge on any atom is 0.305 e. The molecule has 0 aliphatic carbocycles. The van der Waals surface area contributed by atoms with Crippen molar-refractivity contribution in [2.45, 2.75) is 6.42 Å². The van der Waals surface area contributed by atoms with Gasteiger partial charge in [-0.3, -0.25) is 9.59 Å². The van der Waals surface area contributed by atoms with Crippen molar-refractivity contribution in [1.29, 1.82) is 0 Å². The molecule has 2 aliphatic heterocycles. The third-order valence-electron chi connectivity index (χ3n) is 2.32. The van der Waals surface area contributed by atoms with Crippen molar-refractivity contribution < 1.29 is 14.7 Å². The summed E-state index contributed by atoms with van der Waals surface area (Å²) in [6.45, 7) is 0.280. The van der Waals surface area contributed by atoms with Crippen LogP contribution in [0.15, 0.2) is 27.9 Å². The van der Waals surface area contributed by atoms with Gasteiger partial charge in [0.15, 0.2) is 5.84 Å². The Morgan fingerprint density at radius 1 is 1.53 bits per heavy atom. The molecule has 6 nitrogen and oxygen atoms in total. The number of amides is 1. The van der Waals surface area contributed by atoms with Crippen molar-refractivity contribution in [2.75, 3.05) is 13.1 Å². The van der Waals surface area contributed by atoms with E-state index in [2.05, 4.69) is 21.0 Å². The van der Waals surface area contributed by atoms with Crippen LogP contribution in [0.25, 0.3) is 0 Å². The first-order valence-corrected chi connectivity index (χ1v) is 5.78. The Kier molecular flexibility index (Phi) is 3.28. The fourth-order valence-electron chi connectivity index (χ4n) is 1.51. The molecule has 1 N–H and O–H groups in total. The predicted molar refractivity (Wildman–Crippen MR) is 64.3 cm³/mol. The van der Waals surface area contributed by atoms with Gasteiger partial charge in [-0.1, -0.05) is 0 Å². The Morgan fingerprint density at radius 3 is 3.00 bits per heavy atom. The Morgan fingerprint density at radius 2 is 2.29 bits per heavy atom. The summed E-state index contributed by atoms with van der Waals surface area (Å²) in [5, 5.41) is 13.9. The smallest absolute Gasteiger partial charge is 0.305 e. The monoisotopic (exact) mass is 299 g/mol. The first kappa shape index (κ1) is 11.8. The molecule has 2 rings (SSSR count). The number of carboxylic acid groups (broad SMARTS) is 1. The van der Waals surface area contributed by atoms with Gasteiger partial charge in [0.05, 0.1) is 13.0 Å². The van der Waals surface area contributed by atoms with E-state index in [1.54, 1.807) is 17.2 Å². The molecule has 7 heteroatoms. The largest absolute Gasteiger partial charge is 0.481 e. The fourth-order valence-corrected chi connectivity index (χ4v) is 1.89. The van der Waals surface area contributed by atoms with E-state index in [0.29, 0.717) is 5.84 Å². The average Bonchev–Trinajstić information content (AvgIpc) is 2.26. The zero-order valence-corrected chi connectivity index (χ0v) is 10.4. The molecule has 0 bridgehead atoms. The number of carboxylic acids is 1. The van der Waals surface area contributed by atoms with Crippen molar-refractivity contribution >= 4 is 33.6 Å². The summed E-state index contributed by atoms with van der Waals surface area (Å²) in [5.74, 6) is -0.512. The molecule has 1 amide bonds. The van der Waals surface area contributed by atoms with E-state index < -0.39 is 5.97 Å². The maximum atomic E-state index is 11.7. The molecule has 2 aliphatic rings. The molecule has 2 heterocycles. The van der Waals surface area contributed by atoms with Gasteiger partial charge < -0.3 is 10.0 Å². The first-order chi connectivity index (χ1) is 8.06. The Bertz CT molecular complexity index is 456. The molecule has 17 heavy (non-hydrogen) atoms. The number of allylic oxidation sites excluding steroid dienone is 2. The highest BCUT2D eigenvalue weighted by Gasteiger charge is 2.25. The van der Waals surface area contributed by atoms with Gasteiger partial charge in [0, 0.05) is 10.7 Å². The van der Waals surface area contributed by atoms with Gasteiger partial charge in [-0.05, 0) is 28.1 Å². The van der Waals surface area contributed by atoms with Gasteiger partial charge in [0.1, 0.15) is 6.54 Å². The zero-order valence-electron chi connectivity index (χ0n) is 8.84. The molecule has 0 aromatic carbocycles. The predicted octanol–water partition coefficient (Wildman–Crippen LogP) is 0.725. The molecular weight excluding hydrogens is 290 g/mol. The van der Waals surface area contributed by atoms with Crippen molar-refractivity contribution in [2.24, 2.45) is 5.10 Å². The fraction of sp³-hybridized carbons (Fsp3) is 0.300. The normalized spacial score (nSPS) is 18.8. The minimum atomic E-state index is -0.942. The van der Waals surface area contributed by atoms with Crippen LogP contribution in [-0.4, -0.2) is 45.8 Å². The highest BCUT2D eigenvalue weighted by molar-refractivity contribution is 9.11. The summed E-state index contributed by atoms with van der Waals surface area (Å²) in [6, 6.07) is 0. The summed E-state index contributed by atoms with van der Waals surface area (Å²) in [7, 11) is 0. The van der Waals surface area contributed by atoms with Crippen molar-refractivity contribution in [3.63, 3.8) is 0 Å². The molecule has 0 fully saturated rings. The Balaban J connectivity index is 2.12. The number of hydrogen-bond acceptors (Lipinski definition) is 4. The summed E-state index contributed by atoms with van der Waals surface area (Å²) in [5.41, 5.74) is 0. The van der Waals surface area contributed by atoms with Gasteiger partial charge >= 0.3 is 5.97 Å². The van der Waals surface area contributed by atoms with E-state index in [9.17, 15) is 9.59 Å². The standard InChI is InChI=1S/C10H10BrN3O3/c11-7-1-2-8-12-14(4-3-10(16)17)9(15)6-13(8)5-7/h1-2,5H,3-4,6H2,(H,16,17). The number of halogens is 1. The lowest BCUT2D eigenvalue weighted by Gasteiger charge is -2.31. The molecule has 0 unspecified atom stereocenters. The van der Waals surface area contributed by atoms with Crippen LogP contribution in [0, 0.1) is 0 Å². The van der Waals surface area contributed by atoms with E-state index in [1.165, 1.54) is 5.01 Å². The molecule has 0 atom stereocenters.